The lowest BCUT2D eigenvalue weighted by Crippen LogP contribution is -2.32. The van der Waals surface area contributed by atoms with E-state index in [9.17, 15) is 5.11 Å². The zero-order valence-electron chi connectivity index (χ0n) is 15.2. The third-order valence-electron chi connectivity index (χ3n) is 5.29. The SMILES string of the molecule is Cc1ccc2c(c1)c1c(n2CC(C)(O)c2ccccn2)CN(C)CC1. The van der Waals surface area contributed by atoms with Crippen LogP contribution < -0.4 is 0 Å². The first kappa shape index (κ1) is 16.3. The fourth-order valence-electron chi connectivity index (χ4n) is 3.94. The van der Waals surface area contributed by atoms with Gasteiger partial charge in [0.05, 0.1) is 12.2 Å². The Morgan fingerprint density at radius 3 is 2.84 bits per heavy atom. The highest BCUT2D eigenvalue weighted by atomic mass is 16.3. The summed E-state index contributed by atoms with van der Waals surface area (Å²) in [6.07, 6.45) is 2.80. The number of hydrogen-bond acceptors (Lipinski definition) is 3. The van der Waals surface area contributed by atoms with Gasteiger partial charge < -0.3 is 14.6 Å². The molecule has 4 heteroatoms. The Kier molecular flexibility index (Phi) is 3.89. The van der Waals surface area contributed by atoms with E-state index in [1.807, 2.05) is 25.1 Å². The molecule has 1 aliphatic rings. The molecule has 3 heterocycles. The van der Waals surface area contributed by atoms with Crippen LogP contribution in [0.4, 0.5) is 0 Å². The van der Waals surface area contributed by atoms with Gasteiger partial charge in [-0.15, -0.1) is 0 Å². The maximum atomic E-state index is 11.1. The number of nitrogens with zero attached hydrogens (tertiary/aromatic N) is 3. The average molecular weight is 335 g/mol. The highest BCUT2D eigenvalue weighted by molar-refractivity contribution is 5.86. The topological polar surface area (TPSA) is 41.3 Å². The first-order valence-corrected chi connectivity index (χ1v) is 8.89. The molecule has 130 valence electrons. The van der Waals surface area contributed by atoms with E-state index >= 15 is 0 Å². The summed E-state index contributed by atoms with van der Waals surface area (Å²) in [4.78, 5) is 6.73. The van der Waals surface area contributed by atoms with Crippen LogP contribution in [0.2, 0.25) is 0 Å². The highest BCUT2D eigenvalue weighted by Gasteiger charge is 2.30. The zero-order chi connectivity index (χ0) is 17.6. The van der Waals surface area contributed by atoms with E-state index in [1.165, 1.54) is 27.7 Å². The minimum atomic E-state index is -1.01. The summed E-state index contributed by atoms with van der Waals surface area (Å²) < 4.78 is 2.30. The number of aliphatic hydroxyl groups is 1. The molecule has 4 nitrogen and oxygen atoms in total. The fraction of sp³-hybridized carbons (Fsp3) is 0.381. The van der Waals surface area contributed by atoms with E-state index in [0.29, 0.717) is 12.2 Å². The molecule has 0 amide bonds. The van der Waals surface area contributed by atoms with Crippen LogP contribution in [0.5, 0.6) is 0 Å². The Balaban J connectivity index is 1.85. The summed E-state index contributed by atoms with van der Waals surface area (Å²) >= 11 is 0. The zero-order valence-corrected chi connectivity index (χ0v) is 15.2. The van der Waals surface area contributed by atoms with E-state index in [2.05, 4.69) is 46.6 Å². The monoisotopic (exact) mass is 335 g/mol. The average Bonchev–Trinajstić information content (AvgIpc) is 2.88. The minimum Gasteiger partial charge on any atom is -0.382 e. The summed E-state index contributed by atoms with van der Waals surface area (Å²) in [6.45, 7) is 6.50. The second-order valence-electron chi connectivity index (χ2n) is 7.51. The highest BCUT2D eigenvalue weighted by Crippen LogP contribution is 2.33. The Morgan fingerprint density at radius 1 is 1.24 bits per heavy atom. The lowest BCUT2D eigenvalue weighted by Gasteiger charge is -2.28. The molecule has 0 fully saturated rings. The van der Waals surface area contributed by atoms with Crippen molar-refractivity contribution < 1.29 is 5.11 Å². The molecule has 1 atom stereocenters. The largest absolute Gasteiger partial charge is 0.382 e. The quantitative estimate of drug-likeness (QED) is 0.799. The van der Waals surface area contributed by atoms with Gasteiger partial charge in [-0.25, -0.2) is 0 Å². The third kappa shape index (κ3) is 2.86. The summed E-state index contributed by atoms with van der Waals surface area (Å²) in [5, 5.41) is 12.5. The Bertz CT molecular complexity index is 912. The van der Waals surface area contributed by atoms with E-state index in [1.54, 1.807) is 6.20 Å². The van der Waals surface area contributed by atoms with Crippen LogP contribution >= 0.6 is 0 Å². The Morgan fingerprint density at radius 2 is 2.08 bits per heavy atom. The van der Waals surface area contributed by atoms with E-state index in [0.717, 1.165) is 19.5 Å². The van der Waals surface area contributed by atoms with E-state index in [4.69, 9.17) is 0 Å². The molecule has 25 heavy (non-hydrogen) atoms. The lowest BCUT2D eigenvalue weighted by molar-refractivity contribution is 0.0337. The molecule has 0 saturated heterocycles. The van der Waals surface area contributed by atoms with Crippen molar-refractivity contribution in [1.82, 2.24) is 14.5 Å². The second-order valence-corrected chi connectivity index (χ2v) is 7.51. The van der Waals surface area contributed by atoms with Gasteiger partial charge in [0.15, 0.2) is 0 Å². The van der Waals surface area contributed by atoms with E-state index in [-0.39, 0.29) is 0 Å². The fourth-order valence-corrected chi connectivity index (χ4v) is 3.94. The van der Waals surface area contributed by atoms with Crippen molar-refractivity contribution in [1.29, 1.82) is 0 Å². The van der Waals surface area contributed by atoms with Crippen molar-refractivity contribution in [3.8, 4) is 0 Å². The van der Waals surface area contributed by atoms with Gasteiger partial charge in [-0.2, -0.15) is 0 Å². The number of pyridine rings is 1. The van der Waals surface area contributed by atoms with Crippen molar-refractivity contribution in [3.05, 3.63) is 65.1 Å². The van der Waals surface area contributed by atoms with Crippen LogP contribution in [0.15, 0.2) is 42.6 Å². The van der Waals surface area contributed by atoms with Gasteiger partial charge in [-0.05, 0) is 57.1 Å². The smallest absolute Gasteiger partial charge is 0.121 e. The molecule has 1 aliphatic heterocycles. The van der Waals surface area contributed by atoms with Crippen molar-refractivity contribution in [2.45, 2.75) is 39.0 Å². The maximum absolute atomic E-state index is 11.1. The van der Waals surface area contributed by atoms with Crippen LogP contribution in [0.25, 0.3) is 10.9 Å². The molecule has 0 aliphatic carbocycles. The number of aryl methyl sites for hydroxylation is 1. The summed E-state index contributed by atoms with van der Waals surface area (Å²) in [5.74, 6) is 0. The molecular weight excluding hydrogens is 310 g/mol. The number of hydrogen-bond donors (Lipinski definition) is 1. The lowest BCUT2D eigenvalue weighted by atomic mass is 10.0. The minimum absolute atomic E-state index is 0.507. The van der Waals surface area contributed by atoms with Crippen LogP contribution in [0.3, 0.4) is 0 Å². The third-order valence-corrected chi connectivity index (χ3v) is 5.29. The van der Waals surface area contributed by atoms with Gasteiger partial charge in [-0.1, -0.05) is 17.7 Å². The number of fused-ring (bicyclic) bond motifs is 3. The molecule has 3 aromatic rings. The van der Waals surface area contributed by atoms with Gasteiger partial charge in [0.25, 0.3) is 0 Å². The van der Waals surface area contributed by atoms with Crippen molar-refractivity contribution >= 4 is 10.9 Å². The van der Waals surface area contributed by atoms with Crippen LogP contribution in [0.1, 0.15) is 29.4 Å². The van der Waals surface area contributed by atoms with Crippen molar-refractivity contribution in [2.24, 2.45) is 0 Å². The van der Waals surface area contributed by atoms with Crippen molar-refractivity contribution in [2.75, 3.05) is 13.6 Å². The number of aromatic nitrogens is 2. The molecule has 1 N–H and O–H groups in total. The maximum Gasteiger partial charge on any atom is 0.121 e. The first-order valence-electron chi connectivity index (χ1n) is 8.89. The molecule has 2 aromatic heterocycles. The van der Waals surface area contributed by atoms with Gasteiger partial charge in [0, 0.05) is 35.9 Å². The van der Waals surface area contributed by atoms with Crippen LogP contribution in [0, 0.1) is 6.92 Å². The number of likely N-dealkylation sites (N-methyl/N-ethyl adjacent to an activating group) is 1. The molecule has 0 radical (unpaired) electrons. The van der Waals surface area contributed by atoms with Gasteiger partial charge in [0.2, 0.25) is 0 Å². The summed E-state index contributed by atoms with van der Waals surface area (Å²) in [5.41, 5.74) is 4.95. The molecule has 0 bridgehead atoms. The van der Waals surface area contributed by atoms with E-state index < -0.39 is 5.60 Å². The molecule has 1 aromatic carbocycles. The summed E-state index contributed by atoms with van der Waals surface area (Å²) in [7, 11) is 2.16. The predicted molar refractivity (Wildman–Crippen MR) is 101 cm³/mol. The number of rotatable bonds is 3. The molecule has 0 saturated carbocycles. The van der Waals surface area contributed by atoms with Crippen LogP contribution in [-0.2, 0) is 25.1 Å². The van der Waals surface area contributed by atoms with Gasteiger partial charge >= 0.3 is 0 Å². The molecular formula is C21H25N3O. The summed E-state index contributed by atoms with van der Waals surface area (Å²) in [6, 6.07) is 12.3. The van der Waals surface area contributed by atoms with Gasteiger partial charge in [0.1, 0.15) is 5.60 Å². The normalized spacial score (nSPS) is 17.4. The first-order chi connectivity index (χ1) is 12.0. The van der Waals surface area contributed by atoms with Gasteiger partial charge in [-0.3, -0.25) is 4.98 Å². The molecule has 0 spiro atoms. The molecule has 1 unspecified atom stereocenters. The van der Waals surface area contributed by atoms with Crippen molar-refractivity contribution in [3.63, 3.8) is 0 Å². The second kappa shape index (κ2) is 5.97. The van der Waals surface area contributed by atoms with Crippen LogP contribution in [-0.4, -0.2) is 33.1 Å². The predicted octanol–water partition coefficient (Wildman–Crippen LogP) is 3.24. The Hall–Kier alpha value is -2.17. The molecule has 4 rings (SSSR count). The standard InChI is InChI=1S/C21H25N3O/c1-15-7-8-18-17(12-15)16-9-11-23(3)13-19(16)24(18)14-21(2,25)20-6-4-5-10-22-20/h4-8,10,12,25H,9,11,13-14H2,1-3H3. The Labute approximate surface area is 148 Å². The number of benzene rings is 1.